The first-order valence-electron chi connectivity index (χ1n) is 6.39. The van der Waals surface area contributed by atoms with E-state index in [-0.39, 0.29) is 18.6 Å². The highest BCUT2D eigenvalue weighted by molar-refractivity contribution is 7.92. The molecule has 110 valence electrons. The predicted octanol–water partition coefficient (Wildman–Crippen LogP) is 0.713. The molecule has 1 fully saturated rings. The van der Waals surface area contributed by atoms with Crippen LogP contribution < -0.4 is 5.32 Å². The second-order valence-electron chi connectivity index (χ2n) is 5.62. The topological polar surface area (TPSA) is 101 Å². The van der Waals surface area contributed by atoms with Crippen molar-refractivity contribution in [2.24, 2.45) is 0 Å². The fourth-order valence-corrected chi connectivity index (χ4v) is 3.95. The lowest BCUT2D eigenvalue weighted by atomic mass is 9.98. The van der Waals surface area contributed by atoms with Gasteiger partial charge in [0.25, 0.3) is 0 Å². The van der Waals surface area contributed by atoms with Crippen molar-refractivity contribution in [2.45, 2.75) is 56.7 Å². The highest BCUT2D eigenvalue weighted by Gasteiger charge is 2.36. The zero-order chi connectivity index (χ0) is 14.7. The van der Waals surface area contributed by atoms with E-state index in [9.17, 15) is 18.0 Å². The van der Waals surface area contributed by atoms with Crippen LogP contribution in [0.5, 0.6) is 0 Å². The van der Waals surface area contributed by atoms with E-state index in [2.05, 4.69) is 5.32 Å². The van der Waals surface area contributed by atoms with Crippen molar-refractivity contribution < 1.29 is 23.1 Å². The van der Waals surface area contributed by atoms with Gasteiger partial charge in [0.1, 0.15) is 5.25 Å². The number of sulfone groups is 1. The fraction of sp³-hybridized carbons (Fsp3) is 0.833. The molecule has 6 nitrogen and oxygen atoms in total. The Hall–Kier alpha value is -1.11. The van der Waals surface area contributed by atoms with Crippen LogP contribution in [-0.2, 0) is 19.4 Å². The first-order valence-corrected chi connectivity index (χ1v) is 8.11. The molecule has 1 saturated heterocycles. The second kappa shape index (κ2) is 5.90. The van der Waals surface area contributed by atoms with Gasteiger partial charge in [-0.1, -0.05) is 6.42 Å². The summed E-state index contributed by atoms with van der Waals surface area (Å²) in [5.74, 6) is -1.39. The van der Waals surface area contributed by atoms with E-state index in [0.29, 0.717) is 12.8 Å². The lowest BCUT2D eigenvalue weighted by Gasteiger charge is -2.29. The molecular weight excluding hydrogens is 270 g/mol. The standard InChI is InChI=1S/C12H21NO5S/c1-12(2,7-6-10(14)15)13-11(16)9-5-3-4-8-19(9,17)18/h9H,3-8H2,1-2H3,(H,13,16)(H,14,15). The quantitative estimate of drug-likeness (QED) is 0.777. The largest absolute Gasteiger partial charge is 0.481 e. The average Bonchev–Trinajstić information content (AvgIpc) is 2.25. The Morgan fingerprint density at radius 2 is 1.95 bits per heavy atom. The van der Waals surface area contributed by atoms with Gasteiger partial charge in [0, 0.05) is 12.0 Å². The second-order valence-corrected chi connectivity index (χ2v) is 7.92. The lowest BCUT2D eigenvalue weighted by molar-refractivity contribution is -0.137. The van der Waals surface area contributed by atoms with Gasteiger partial charge in [-0.2, -0.15) is 0 Å². The van der Waals surface area contributed by atoms with E-state index < -0.39 is 32.5 Å². The molecule has 19 heavy (non-hydrogen) atoms. The highest BCUT2D eigenvalue weighted by Crippen LogP contribution is 2.21. The first-order chi connectivity index (χ1) is 8.64. The molecule has 1 amide bonds. The van der Waals surface area contributed by atoms with Crippen molar-refractivity contribution in [1.29, 1.82) is 0 Å². The molecule has 1 heterocycles. The molecule has 1 aliphatic rings. The highest BCUT2D eigenvalue weighted by atomic mass is 32.2. The van der Waals surface area contributed by atoms with Crippen LogP contribution in [0.1, 0.15) is 46.0 Å². The van der Waals surface area contributed by atoms with Gasteiger partial charge in [0.2, 0.25) is 5.91 Å². The van der Waals surface area contributed by atoms with Gasteiger partial charge in [-0.25, -0.2) is 8.42 Å². The molecule has 2 N–H and O–H groups in total. The van der Waals surface area contributed by atoms with Crippen molar-refractivity contribution in [1.82, 2.24) is 5.32 Å². The minimum atomic E-state index is -3.35. The van der Waals surface area contributed by atoms with Gasteiger partial charge in [-0.15, -0.1) is 0 Å². The Labute approximate surface area is 113 Å². The summed E-state index contributed by atoms with van der Waals surface area (Å²) in [5, 5.41) is 10.3. The van der Waals surface area contributed by atoms with E-state index in [4.69, 9.17) is 5.11 Å². The number of aliphatic carboxylic acids is 1. The maximum Gasteiger partial charge on any atom is 0.303 e. The van der Waals surface area contributed by atoms with Crippen LogP contribution in [0, 0.1) is 0 Å². The van der Waals surface area contributed by atoms with Crippen LogP contribution in [0.3, 0.4) is 0 Å². The van der Waals surface area contributed by atoms with E-state index in [1.165, 1.54) is 0 Å². The summed E-state index contributed by atoms with van der Waals surface area (Å²) in [4.78, 5) is 22.6. The number of carboxylic acid groups (broad SMARTS) is 1. The summed E-state index contributed by atoms with van der Waals surface area (Å²) in [7, 11) is -3.35. The van der Waals surface area contributed by atoms with Crippen LogP contribution >= 0.6 is 0 Å². The molecule has 0 radical (unpaired) electrons. The molecule has 0 aromatic rings. The van der Waals surface area contributed by atoms with Crippen molar-refractivity contribution in [3.63, 3.8) is 0 Å². The summed E-state index contributed by atoms with van der Waals surface area (Å²) < 4.78 is 23.6. The number of carbonyl (C=O) groups excluding carboxylic acids is 1. The Kier molecular flexibility index (Phi) is 4.95. The normalized spacial score (nSPS) is 22.7. The number of hydrogen-bond donors (Lipinski definition) is 2. The fourth-order valence-electron chi connectivity index (χ4n) is 2.14. The Balaban J connectivity index is 2.65. The number of amides is 1. The number of rotatable bonds is 5. The average molecular weight is 291 g/mol. The minimum absolute atomic E-state index is 0.0562. The number of hydrogen-bond acceptors (Lipinski definition) is 4. The Morgan fingerprint density at radius 3 is 2.47 bits per heavy atom. The summed E-state index contributed by atoms with van der Waals surface area (Å²) in [6.45, 7) is 3.40. The molecule has 0 spiro atoms. The number of carboxylic acids is 1. The van der Waals surface area contributed by atoms with Crippen LogP contribution in [0.2, 0.25) is 0 Å². The third-order valence-corrected chi connectivity index (χ3v) is 5.47. The number of nitrogens with one attached hydrogen (secondary N) is 1. The van der Waals surface area contributed by atoms with Gasteiger partial charge in [0.15, 0.2) is 9.84 Å². The van der Waals surface area contributed by atoms with E-state index >= 15 is 0 Å². The first kappa shape index (κ1) is 15.9. The molecule has 1 atom stereocenters. The summed E-state index contributed by atoms with van der Waals surface area (Å²) in [6, 6.07) is 0. The molecule has 0 saturated carbocycles. The van der Waals surface area contributed by atoms with E-state index in [1.807, 2.05) is 0 Å². The van der Waals surface area contributed by atoms with E-state index in [1.54, 1.807) is 13.8 Å². The summed E-state index contributed by atoms with van der Waals surface area (Å²) in [5.41, 5.74) is -0.720. The molecule has 0 aromatic carbocycles. The lowest BCUT2D eigenvalue weighted by Crippen LogP contribution is -2.51. The van der Waals surface area contributed by atoms with Gasteiger partial charge in [0.05, 0.1) is 5.75 Å². The zero-order valence-corrected chi connectivity index (χ0v) is 12.1. The zero-order valence-electron chi connectivity index (χ0n) is 11.3. The molecular formula is C12H21NO5S. The van der Waals surface area contributed by atoms with Crippen LogP contribution in [-0.4, -0.2) is 41.9 Å². The SMILES string of the molecule is CC(C)(CCC(=O)O)NC(=O)C1CCCCS1(=O)=O. The van der Waals surface area contributed by atoms with E-state index in [0.717, 1.165) is 6.42 Å². The Bertz CT molecular complexity index is 455. The Morgan fingerprint density at radius 1 is 1.32 bits per heavy atom. The molecule has 0 bridgehead atoms. The van der Waals surface area contributed by atoms with Crippen molar-refractivity contribution >= 4 is 21.7 Å². The van der Waals surface area contributed by atoms with Crippen molar-refractivity contribution in [3.05, 3.63) is 0 Å². The maximum absolute atomic E-state index is 12.0. The molecule has 7 heteroatoms. The number of carbonyl (C=O) groups is 2. The third-order valence-electron chi connectivity index (χ3n) is 3.30. The summed E-state index contributed by atoms with van der Waals surface area (Å²) in [6.07, 6.45) is 1.89. The molecule has 0 aliphatic carbocycles. The molecule has 1 aliphatic heterocycles. The minimum Gasteiger partial charge on any atom is -0.481 e. The monoisotopic (exact) mass is 291 g/mol. The van der Waals surface area contributed by atoms with Crippen molar-refractivity contribution in [2.75, 3.05) is 5.75 Å². The molecule has 0 aromatic heterocycles. The predicted molar refractivity (Wildman–Crippen MR) is 70.5 cm³/mol. The third kappa shape index (κ3) is 4.81. The van der Waals surface area contributed by atoms with Gasteiger partial charge in [-0.3, -0.25) is 9.59 Å². The van der Waals surface area contributed by atoms with Crippen molar-refractivity contribution in [3.8, 4) is 0 Å². The smallest absolute Gasteiger partial charge is 0.303 e. The van der Waals surface area contributed by atoms with Gasteiger partial charge >= 0.3 is 5.97 Å². The van der Waals surface area contributed by atoms with Crippen LogP contribution in [0.25, 0.3) is 0 Å². The summed E-state index contributed by atoms with van der Waals surface area (Å²) >= 11 is 0. The molecule has 1 rings (SSSR count). The van der Waals surface area contributed by atoms with Crippen LogP contribution in [0.4, 0.5) is 0 Å². The maximum atomic E-state index is 12.0. The van der Waals surface area contributed by atoms with Gasteiger partial charge in [-0.05, 0) is 33.1 Å². The van der Waals surface area contributed by atoms with Crippen LogP contribution in [0.15, 0.2) is 0 Å². The molecule has 1 unspecified atom stereocenters. The van der Waals surface area contributed by atoms with Gasteiger partial charge < -0.3 is 10.4 Å².